The van der Waals surface area contributed by atoms with Gasteiger partial charge in [-0.3, -0.25) is 63.0 Å². The molecule has 2 fully saturated rings. The van der Waals surface area contributed by atoms with E-state index in [1.165, 1.54) is 22.3 Å². The molecule has 6 rings (SSSR count). The molecule has 492 valence electrons. The zero-order chi connectivity index (χ0) is 66.3. The number of hydrogen-bond donors (Lipinski definition) is 16. The number of nitrogens with one attached hydrogen (secondary N) is 6. The van der Waals surface area contributed by atoms with E-state index >= 15 is 0 Å². The Hall–Kier alpha value is -9.80. The summed E-state index contributed by atoms with van der Waals surface area (Å²) in [6.07, 6.45) is -1.91. The Labute approximate surface area is 527 Å². The summed E-state index contributed by atoms with van der Waals surface area (Å²) in [5.41, 5.74) is 39.9. The number of rotatable bonds is 32. The number of para-hydroxylation sites is 1. The zero-order valence-electron chi connectivity index (χ0n) is 49.9. The lowest BCUT2D eigenvalue weighted by Gasteiger charge is -2.33. The predicted octanol–water partition coefficient (Wildman–Crippen LogP) is -5.81. The molecule has 4 heterocycles. The molecule has 23 N–H and O–H groups in total. The number of nitrogens with zero attached hydrogens (tertiary/aromatic N) is 7. The summed E-state index contributed by atoms with van der Waals surface area (Å²) in [4.78, 5) is 159. The number of benzodiazepines with no additional fused rings is 1. The number of carboxylic acids is 1. The molecule has 0 saturated carbocycles. The maximum absolute atomic E-state index is 14.7. The van der Waals surface area contributed by atoms with Crippen molar-refractivity contribution in [3.05, 3.63) is 88.1 Å². The zero-order valence-corrected chi connectivity index (χ0v) is 50.7. The van der Waals surface area contributed by atoms with Crippen LogP contribution in [0, 0.1) is 0 Å². The fourth-order valence-electron chi connectivity index (χ4n) is 10.4. The van der Waals surface area contributed by atoms with Crippen molar-refractivity contribution in [1.29, 1.82) is 0 Å². The second-order valence-corrected chi connectivity index (χ2v) is 22.6. The number of fused-ring (bicyclic) bond motifs is 1. The predicted molar refractivity (Wildman–Crippen MR) is 335 cm³/mol. The molecule has 34 heteroatoms. The average Bonchev–Trinajstić information content (AvgIpc) is 1.73. The first-order valence-corrected chi connectivity index (χ1v) is 30.2. The van der Waals surface area contributed by atoms with E-state index < -0.39 is 133 Å². The fourth-order valence-corrected chi connectivity index (χ4v) is 11.2. The highest BCUT2D eigenvalue weighted by atomic mass is 32.1. The van der Waals surface area contributed by atoms with E-state index in [0.717, 1.165) is 9.80 Å². The lowest BCUT2D eigenvalue weighted by atomic mass is 10.0. The molecule has 2 saturated heterocycles. The van der Waals surface area contributed by atoms with Gasteiger partial charge in [0.2, 0.25) is 53.4 Å². The highest BCUT2D eigenvalue weighted by Gasteiger charge is 2.47. The highest BCUT2D eigenvalue weighted by molar-refractivity contribution is 7.09. The van der Waals surface area contributed by atoms with Crippen LogP contribution in [0.1, 0.15) is 73.8 Å². The Morgan fingerprint density at radius 2 is 1.30 bits per heavy atom. The number of aliphatic hydroxyl groups excluding tert-OH is 2. The molecule has 0 radical (unpaired) electrons. The number of aliphatic carboxylic acids is 1. The minimum absolute atomic E-state index is 0.0399. The van der Waals surface area contributed by atoms with E-state index in [1.54, 1.807) is 66.0 Å². The minimum atomic E-state index is -1.83. The molecule has 1 unspecified atom stereocenters. The molecule has 9 amide bonds. The number of likely N-dealkylation sites (tertiary alicyclic amines) is 2. The van der Waals surface area contributed by atoms with Crippen LogP contribution in [-0.2, 0) is 54.4 Å². The van der Waals surface area contributed by atoms with Crippen molar-refractivity contribution in [2.24, 2.45) is 60.1 Å². The van der Waals surface area contributed by atoms with Gasteiger partial charge in [0.25, 0.3) is 5.91 Å². The van der Waals surface area contributed by atoms with Crippen LogP contribution in [0.15, 0.2) is 92.1 Å². The molecule has 9 atom stereocenters. The molecule has 1 aromatic heterocycles. The highest BCUT2D eigenvalue weighted by Crippen LogP contribution is 2.30. The number of carbonyl (C=O) groups excluding carboxylic acids is 9. The number of hydrogen-bond acceptors (Lipinski definition) is 18. The van der Waals surface area contributed by atoms with E-state index in [1.807, 2.05) is 0 Å². The summed E-state index contributed by atoms with van der Waals surface area (Å²) in [5.74, 6) is -9.61. The molecular weight excluding hydrogens is 1200 g/mol. The van der Waals surface area contributed by atoms with Crippen LogP contribution in [0.5, 0.6) is 0 Å². The van der Waals surface area contributed by atoms with Gasteiger partial charge in [-0.15, -0.1) is 11.3 Å². The smallest absolute Gasteiger partial charge is 0.326 e. The summed E-state index contributed by atoms with van der Waals surface area (Å²) in [6.45, 7) is -2.15. The van der Waals surface area contributed by atoms with E-state index in [4.69, 9.17) is 40.1 Å². The van der Waals surface area contributed by atoms with E-state index in [2.05, 4.69) is 51.9 Å². The maximum Gasteiger partial charge on any atom is 0.326 e. The average molecular weight is 1290 g/mol. The second-order valence-electron chi connectivity index (χ2n) is 21.6. The van der Waals surface area contributed by atoms with Crippen LogP contribution in [0.3, 0.4) is 0 Å². The van der Waals surface area contributed by atoms with E-state index in [0.29, 0.717) is 28.8 Å². The number of anilines is 1. The van der Waals surface area contributed by atoms with Crippen molar-refractivity contribution in [3.63, 3.8) is 0 Å². The van der Waals surface area contributed by atoms with Crippen molar-refractivity contribution >= 4 is 99.7 Å². The second kappa shape index (κ2) is 34.2. The number of aliphatic imine (C=N–C) groups is 4. The maximum atomic E-state index is 14.7. The lowest BCUT2D eigenvalue weighted by molar-refractivity contribution is -0.149. The Kier molecular flexibility index (Phi) is 26.5. The standard InChI is InChI=1S/C57H80N20O13S/c58-34(15-6-21-65-55(59)60)47(82)71-35(16-7-22-66-56(61)62)51(86)75-24-9-19-40(75)52(87)76-25-20-41(79)45(76)50(85)68-28-42(80)70-37(27-32-13-10-26-91-32)48(83)72-38(30-78)49(84)74-46-53(88)77(29-43(81)69-36(54(89)90)17-8-23-67-57(63)64)39-18-5-4-14-33(39)44(73-46)31-11-2-1-3-12-31/h1-5,10-14,18,26,34-38,40-41,45-46,78-79H,6-9,15-17,19-25,27-30,58H2,(H,68,85)(H,69,81)(H,70,80)(H,71,82)(H,72,83)(H,74,84)(H,89,90)(H4,59,60,65)(H4,61,62,66)(H4,63,64,67)/t34-,35+,36?,37+,38+,40+,41-,45+,46+/m1/s1. The van der Waals surface area contributed by atoms with Gasteiger partial charge >= 0.3 is 5.97 Å². The molecule has 3 aromatic rings. The van der Waals surface area contributed by atoms with Crippen LogP contribution in [0.4, 0.5) is 5.69 Å². The number of guanidine groups is 3. The number of thiophene rings is 1. The third kappa shape index (κ3) is 20.4. The summed E-state index contributed by atoms with van der Waals surface area (Å²) in [5, 5.41) is 48.4. The largest absolute Gasteiger partial charge is 0.480 e. The van der Waals surface area contributed by atoms with Gasteiger partial charge in [-0.25, -0.2) is 9.79 Å². The molecule has 2 aromatic carbocycles. The fraction of sp³-hybridized carbons (Fsp3) is 0.474. The Morgan fingerprint density at radius 3 is 1.92 bits per heavy atom. The molecular formula is C57H80N20O13S. The number of aliphatic hydroxyl groups is 2. The van der Waals surface area contributed by atoms with E-state index in [-0.39, 0.29) is 113 Å². The summed E-state index contributed by atoms with van der Waals surface area (Å²) >= 11 is 1.23. The van der Waals surface area contributed by atoms with Crippen LogP contribution in [-0.4, -0.2) is 215 Å². The van der Waals surface area contributed by atoms with Crippen LogP contribution in [0.2, 0.25) is 0 Å². The number of amides is 9. The molecule has 3 aliphatic rings. The van der Waals surface area contributed by atoms with Gasteiger partial charge in [0.15, 0.2) is 17.9 Å². The summed E-state index contributed by atoms with van der Waals surface area (Å²) in [7, 11) is 0. The molecule has 91 heavy (non-hydrogen) atoms. The first-order valence-electron chi connectivity index (χ1n) is 29.4. The van der Waals surface area contributed by atoms with Crippen LogP contribution >= 0.6 is 11.3 Å². The Bertz CT molecular complexity index is 3190. The number of carboxylic acid groups (broad SMARTS) is 1. The third-order valence-electron chi connectivity index (χ3n) is 14.9. The Morgan fingerprint density at radius 1 is 0.681 bits per heavy atom. The molecule has 0 aliphatic carbocycles. The number of nitrogens with two attached hydrogens (primary N) is 7. The van der Waals surface area contributed by atoms with Gasteiger partial charge in [-0.1, -0.05) is 54.6 Å². The van der Waals surface area contributed by atoms with Gasteiger partial charge in [0, 0.05) is 55.1 Å². The normalized spacial score (nSPS) is 18.5. The molecule has 0 spiro atoms. The molecule has 33 nitrogen and oxygen atoms in total. The molecule has 0 bridgehead atoms. The number of benzene rings is 2. The van der Waals surface area contributed by atoms with Gasteiger partial charge in [0.05, 0.1) is 36.7 Å². The lowest BCUT2D eigenvalue weighted by Crippen LogP contribution is -2.59. The van der Waals surface area contributed by atoms with Gasteiger partial charge in [-0.2, -0.15) is 0 Å². The van der Waals surface area contributed by atoms with Crippen molar-refractivity contribution in [1.82, 2.24) is 41.7 Å². The van der Waals surface area contributed by atoms with Gasteiger partial charge < -0.3 is 97.2 Å². The van der Waals surface area contributed by atoms with Crippen LogP contribution in [0.25, 0.3) is 0 Å². The minimum Gasteiger partial charge on any atom is -0.480 e. The number of carbonyl (C=O) groups is 10. The van der Waals surface area contributed by atoms with Crippen molar-refractivity contribution in [2.75, 3.05) is 57.3 Å². The van der Waals surface area contributed by atoms with Crippen molar-refractivity contribution in [3.8, 4) is 0 Å². The SMILES string of the molecule is NC(N)=NCCCC(NC(=O)CN1C(=O)[C@H](NC(=O)[C@H](CO)NC(=O)[C@H](Cc2cccs2)NC(=O)CNC(=O)[C@@H]2[C@H](O)CCN2C(=O)[C@@H]2CCCN2C(=O)[C@H](CCCN=C(N)N)NC(=O)[C@H](N)CCCN=C(N)N)N=C(c2ccccc2)c2ccccc21)C(=O)O. The van der Waals surface area contributed by atoms with Gasteiger partial charge in [-0.05, 0) is 75.3 Å². The third-order valence-corrected chi connectivity index (χ3v) is 15.8. The van der Waals surface area contributed by atoms with E-state index in [9.17, 15) is 63.3 Å². The monoisotopic (exact) mass is 1280 g/mol. The van der Waals surface area contributed by atoms with Crippen molar-refractivity contribution < 1.29 is 63.3 Å². The van der Waals surface area contributed by atoms with Crippen LogP contribution < -0.4 is 76.9 Å². The summed E-state index contributed by atoms with van der Waals surface area (Å²) in [6, 6.07) is 8.81. The topological polar surface area (TPSA) is 545 Å². The summed E-state index contributed by atoms with van der Waals surface area (Å²) < 4.78 is 0. The first-order chi connectivity index (χ1) is 43.5. The van der Waals surface area contributed by atoms with Gasteiger partial charge in [0.1, 0.15) is 42.8 Å². The first kappa shape index (κ1) is 70.3. The quantitative estimate of drug-likeness (QED) is 0.0157. The molecule has 3 aliphatic heterocycles. The Balaban J connectivity index is 1.13. The van der Waals surface area contributed by atoms with Crippen molar-refractivity contribution in [2.45, 2.75) is 119 Å².